The molecule has 0 atom stereocenters. The lowest BCUT2D eigenvalue weighted by Gasteiger charge is -2.37. The van der Waals surface area contributed by atoms with Gasteiger partial charge in [-0.15, -0.1) is 0 Å². The highest BCUT2D eigenvalue weighted by atomic mass is 16.1. The van der Waals surface area contributed by atoms with Crippen molar-refractivity contribution in [3.63, 3.8) is 0 Å². The molecule has 0 N–H and O–H groups in total. The summed E-state index contributed by atoms with van der Waals surface area (Å²) < 4.78 is 0. The van der Waals surface area contributed by atoms with Crippen molar-refractivity contribution in [2.45, 2.75) is 58.3 Å². The Morgan fingerprint density at radius 2 is 1.72 bits per heavy atom. The number of aryl methyl sites for hydroxylation is 2. The molecule has 0 unspecified atom stereocenters. The number of carbonyl (C=O) groups excluding carboxylic acids is 1. The average molecular weight is 242 g/mol. The van der Waals surface area contributed by atoms with E-state index in [1.807, 2.05) is 0 Å². The minimum absolute atomic E-state index is 0.190. The first kappa shape index (κ1) is 12.0. The number of benzene rings is 1. The molecule has 1 heteroatoms. The van der Waals surface area contributed by atoms with E-state index in [1.165, 1.54) is 42.4 Å². The van der Waals surface area contributed by atoms with Gasteiger partial charge in [0.25, 0.3) is 0 Å². The minimum atomic E-state index is 0.190. The second-order valence-corrected chi connectivity index (χ2v) is 6.51. The molecule has 2 aliphatic rings. The number of Topliss-reactive ketones (excluding diaryl/α,β-unsaturated/α-hetero) is 1. The zero-order valence-electron chi connectivity index (χ0n) is 11.7. The van der Waals surface area contributed by atoms with Gasteiger partial charge in [-0.3, -0.25) is 4.79 Å². The molecule has 0 saturated heterocycles. The summed E-state index contributed by atoms with van der Waals surface area (Å²) in [4.78, 5) is 12.4. The number of rotatable bonds is 0. The molecule has 1 aromatic rings. The third-order valence-corrected chi connectivity index (χ3v) is 5.16. The SMILES string of the molecule is Cc1ccc(C)c2c1C(=O)CC21CCC(C)CC1. The lowest BCUT2D eigenvalue weighted by atomic mass is 9.66. The van der Waals surface area contributed by atoms with Crippen LogP contribution in [0, 0.1) is 19.8 Å². The highest BCUT2D eigenvalue weighted by molar-refractivity contribution is 6.04. The minimum Gasteiger partial charge on any atom is -0.294 e. The molecule has 0 heterocycles. The van der Waals surface area contributed by atoms with Crippen molar-refractivity contribution in [2.75, 3.05) is 0 Å². The molecule has 0 aliphatic heterocycles. The molecule has 96 valence electrons. The van der Waals surface area contributed by atoms with E-state index < -0.39 is 0 Å². The molecule has 0 aromatic heterocycles. The molecule has 3 rings (SSSR count). The van der Waals surface area contributed by atoms with Crippen molar-refractivity contribution in [1.82, 2.24) is 0 Å². The van der Waals surface area contributed by atoms with E-state index in [1.54, 1.807) is 0 Å². The van der Waals surface area contributed by atoms with Gasteiger partial charge in [0.05, 0.1) is 0 Å². The van der Waals surface area contributed by atoms with Crippen molar-refractivity contribution in [1.29, 1.82) is 0 Å². The molecule has 0 radical (unpaired) electrons. The molecule has 1 fully saturated rings. The Morgan fingerprint density at radius 3 is 2.39 bits per heavy atom. The smallest absolute Gasteiger partial charge is 0.164 e. The summed E-state index contributed by atoms with van der Waals surface area (Å²) >= 11 is 0. The Labute approximate surface area is 110 Å². The lowest BCUT2D eigenvalue weighted by molar-refractivity contribution is 0.0955. The molecule has 18 heavy (non-hydrogen) atoms. The first-order valence-corrected chi connectivity index (χ1v) is 7.17. The Balaban J connectivity index is 2.14. The van der Waals surface area contributed by atoms with Gasteiger partial charge < -0.3 is 0 Å². The second kappa shape index (κ2) is 3.94. The maximum absolute atomic E-state index is 12.4. The van der Waals surface area contributed by atoms with E-state index in [-0.39, 0.29) is 5.41 Å². The Kier molecular flexibility index (Phi) is 2.62. The molecule has 0 bridgehead atoms. The molecule has 1 spiro atoms. The van der Waals surface area contributed by atoms with Crippen LogP contribution in [0.15, 0.2) is 12.1 Å². The quantitative estimate of drug-likeness (QED) is 0.661. The van der Waals surface area contributed by atoms with Crippen LogP contribution >= 0.6 is 0 Å². The van der Waals surface area contributed by atoms with E-state index in [0.29, 0.717) is 5.78 Å². The van der Waals surface area contributed by atoms with Gasteiger partial charge in [0.1, 0.15) is 0 Å². The molecule has 0 amide bonds. The van der Waals surface area contributed by atoms with Crippen LogP contribution < -0.4 is 0 Å². The molecule has 2 aliphatic carbocycles. The van der Waals surface area contributed by atoms with Crippen LogP contribution in [-0.2, 0) is 5.41 Å². The Bertz CT molecular complexity index is 505. The third kappa shape index (κ3) is 1.56. The number of hydrogen-bond acceptors (Lipinski definition) is 1. The molecule has 1 nitrogen and oxygen atoms in total. The fraction of sp³-hybridized carbons (Fsp3) is 0.588. The van der Waals surface area contributed by atoms with Crippen LogP contribution in [0.25, 0.3) is 0 Å². The van der Waals surface area contributed by atoms with Gasteiger partial charge >= 0.3 is 0 Å². The number of ketones is 1. The van der Waals surface area contributed by atoms with Crippen LogP contribution in [0.4, 0.5) is 0 Å². The van der Waals surface area contributed by atoms with Crippen molar-refractivity contribution in [3.05, 3.63) is 34.4 Å². The zero-order valence-corrected chi connectivity index (χ0v) is 11.7. The normalized spacial score (nSPS) is 30.8. The van der Waals surface area contributed by atoms with Crippen LogP contribution in [-0.4, -0.2) is 5.78 Å². The molecule has 1 aromatic carbocycles. The van der Waals surface area contributed by atoms with Crippen LogP contribution in [0.2, 0.25) is 0 Å². The fourth-order valence-electron chi connectivity index (χ4n) is 4.08. The summed E-state index contributed by atoms with van der Waals surface area (Å²) in [5.41, 5.74) is 5.16. The van der Waals surface area contributed by atoms with Crippen LogP contribution in [0.5, 0.6) is 0 Å². The second-order valence-electron chi connectivity index (χ2n) is 6.51. The van der Waals surface area contributed by atoms with Gasteiger partial charge in [0.15, 0.2) is 5.78 Å². The molecular formula is C17H22O. The number of hydrogen-bond donors (Lipinski definition) is 0. The lowest BCUT2D eigenvalue weighted by Crippen LogP contribution is -2.29. The largest absolute Gasteiger partial charge is 0.294 e. The first-order valence-electron chi connectivity index (χ1n) is 7.17. The zero-order chi connectivity index (χ0) is 12.9. The van der Waals surface area contributed by atoms with Crippen molar-refractivity contribution in [3.8, 4) is 0 Å². The molecule has 1 saturated carbocycles. The summed E-state index contributed by atoms with van der Waals surface area (Å²) in [5, 5.41) is 0. The monoisotopic (exact) mass is 242 g/mol. The number of fused-ring (bicyclic) bond motifs is 2. The van der Waals surface area contributed by atoms with Gasteiger partial charge in [-0.2, -0.15) is 0 Å². The maximum atomic E-state index is 12.4. The van der Waals surface area contributed by atoms with Crippen LogP contribution in [0.1, 0.15) is 66.1 Å². The highest BCUT2D eigenvalue weighted by Crippen LogP contribution is 2.51. The summed E-state index contributed by atoms with van der Waals surface area (Å²) in [7, 11) is 0. The van der Waals surface area contributed by atoms with Crippen LogP contribution in [0.3, 0.4) is 0 Å². The van der Waals surface area contributed by atoms with E-state index in [2.05, 4.69) is 32.9 Å². The highest BCUT2D eigenvalue weighted by Gasteiger charge is 2.46. The van der Waals surface area contributed by atoms with Crippen molar-refractivity contribution in [2.24, 2.45) is 5.92 Å². The fourth-order valence-corrected chi connectivity index (χ4v) is 4.08. The van der Waals surface area contributed by atoms with Gasteiger partial charge in [-0.05, 0) is 62.1 Å². The average Bonchev–Trinajstić information content (AvgIpc) is 2.63. The van der Waals surface area contributed by atoms with Gasteiger partial charge in [-0.25, -0.2) is 0 Å². The predicted molar refractivity (Wildman–Crippen MR) is 74.2 cm³/mol. The number of carbonyl (C=O) groups is 1. The van der Waals surface area contributed by atoms with E-state index in [9.17, 15) is 4.79 Å². The summed E-state index contributed by atoms with van der Waals surface area (Å²) in [6.45, 7) is 6.60. The summed E-state index contributed by atoms with van der Waals surface area (Å²) in [6, 6.07) is 4.31. The van der Waals surface area contributed by atoms with Crippen molar-refractivity contribution >= 4 is 5.78 Å². The maximum Gasteiger partial charge on any atom is 0.164 e. The third-order valence-electron chi connectivity index (χ3n) is 5.16. The predicted octanol–water partition coefficient (Wildman–Crippen LogP) is 4.34. The topological polar surface area (TPSA) is 17.1 Å². The Hall–Kier alpha value is -1.11. The summed E-state index contributed by atoms with van der Waals surface area (Å²) in [6.07, 6.45) is 5.73. The van der Waals surface area contributed by atoms with E-state index in [4.69, 9.17) is 0 Å². The van der Waals surface area contributed by atoms with Gasteiger partial charge in [-0.1, -0.05) is 19.1 Å². The van der Waals surface area contributed by atoms with E-state index >= 15 is 0 Å². The van der Waals surface area contributed by atoms with Crippen molar-refractivity contribution < 1.29 is 4.79 Å². The Morgan fingerprint density at radius 1 is 1.11 bits per heavy atom. The standard InChI is InChI=1S/C17H22O/c1-11-6-8-17(9-7-11)10-14(18)15-12(2)4-5-13(3)16(15)17/h4-5,11H,6-10H2,1-3H3. The first-order chi connectivity index (χ1) is 8.53. The molecular weight excluding hydrogens is 220 g/mol. The van der Waals surface area contributed by atoms with Gasteiger partial charge in [0.2, 0.25) is 0 Å². The summed E-state index contributed by atoms with van der Waals surface area (Å²) in [5.74, 6) is 1.22. The van der Waals surface area contributed by atoms with E-state index in [0.717, 1.165) is 17.9 Å². The van der Waals surface area contributed by atoms with Gasteiger partial charge in [0, 0.05) is 17.4 Å².